The van der Waals surface area contributed by atoms with Gasteiger partial charge in [-0.05, 0) is 106 Å². The van der Waals surface area contributed by atoms with Gasteiger partial charge in [-0.25, -0.2) is 0 Å². The van der Waals surface area contributed by atoms with E-state index >= 15 is 0 Å². The summed E-state index contributed by atoms with van der Waals surface area (Å²) < 4.78 is 0. The highest BCUT2D eigenvalue weighted by Crippen LogP contribution is 2.66. The third kappa shape index (κ3) is 6.83. The van der Waals surface area contributed by atoms with Crippen molar-refractivity contribution in [1.29, 1.82) is 0 Å². The Labute approximate surface area is 217 Å². The first-order valence-corrected chi connectivity index (χ1v) is 14.6. The Morgan fingerprint density at radius 3 is 2.09 bits per heavy atom. The Balaban J connectivity index is 1.55. The van der Waals surface area contributed by atoms with Crippen LogP contribution in [-0.2, 0) is 4.79 Å². The van der Waals surface area contributed by atoms with Crippen molar-refractivity contribution < 1.29 is 9.90 Å². The minimum absolute atomic E-state index is 0.0910. The number of likely N-dealkylation sites (tertiary alicyclic amines) is 2. The minimum Gasteiger partial charge on any atom is -0.373 e. The number of amides is 1. The molecule has 35 heavy (non-hydrogen) atoms. The van der Waals surface area contributed by atoms with Gasteiger partial charge in [0.05, 0.1) is 0 Å². The number of carbonyl (C=O) groups is 1. The molecule has 0 aromatic heterocycles. The first kappa shape index (κ1) is 29.0. The summed E-state index contributed by atoms with van der Waals surface area (Å²) in [6, 6.07) is 0. The maximum absolute atomic E-state index is 13.8. The molecule has 4 atom stereocenters. The summed E-state index contributed by atoms with van der Waals surface area (Å²) in [6.07, 6.45) is 9.40. The van der Waals surface area contributed by atoms with Gasteiger partial charge in [-0.15, -0.1) is 0 Å². The molecule has 4 heteroatoms. The van der Waals surface area contributed by atoms with E-state index in [-0.39, 0.29) is 22.8 Å². The number of carbonyl (C=O) groups excluding carboxylic acids is 1. The molecule has 3 aliphatic rings. The lowest BCUT2D eigenvalue weighted by Gasteiger charge is -2.40. The van der Waals surface area contributed by atoms with Crippen molar-refractivity contribution >= 4 is 5.91 Å². The van der Waals surface area contributed by atoms with Crippen LogP contribution >= 0.6 is 0 Å². The number of aliphatic hydroxyl groups is 1. The van der Waals surface area contributed by atoms with Crippen molar-refractivity contribution in [3.63, 3.8) is 0 Å². The summed E-state index contributed by atoms with van der Waals surface area (Å²) in [7, 11) is 0. The largest absolute Gasteiger partial charge is 0.373 e. The quantitative estimate of drug-likeness (QED) is 0.336. The summed E-state index contributed by atoms with van der Waals surface area (Å²) in [5, 5.41) is 11.1. The van der Waals surface area contributed by atoms with E-state index in [2.05, 4.69) is 74.1 Å². The molecule has 0 radical (unpaired) electrons. The predicted octanol–water partition coefficient (Wildman–Crippen LogP) is 7.10. The fourth-order valence-corrected chi connectivity index (χ4v) is 7.92. The molecule has 0 spiro atoms. The van der Waals surface area contributed by atoms with Gasteiger partial charge in [-0.1, -0.05) is 61.8 Å². The molecular weight excluding hydrogens is 432 g/mol. The topological polar surface area (TPSA) is 43.8 Å². The van der Waals surface area contributed by atoms with Crippen molar-refractivity contribution in [1.82, 2.24) is 9.80 Å². The van der Waals surface area contributed by atoms with E-state index in [9.17, 15) is 9.90 Å². The van der Waals surface area contributed by atoms with Crippen LogP contribution in [0.15, 0.2) is 0 Å². The first-order chi connectivity index (χ1) is 15.9. The zero-order valence-electron chi connectivity index (χ0n) is 25.0. The van der Waals surface area contributed by atoms with Gasteiger partial charge in [0, 0.05) is 17.9 Å². The van der Waals surface area contributed by atoms with Gasteiger partial charge in [0.15, 0.2) is 0 Å². The number of nitrogens with zero attached hydrogens (tertiary/aromatic N) is 2. The number of hydrogen-bond acceptors (Lipinski definition) is 3. The monoisotopic (exact) mass is 490 g/mol. The normalized spacial score (nSPS) is 31.0. The third-order valence-corrected chi connectivity index (χ3v) is 10.1. The molecule has 4 nitrogen and oxygen atoms in total. The zero-order chi connectivity index (χ0) is 26.4. The van der Waals surface area contributed by atoms with Crippen molar-refractivity contribution in [2.45, 2.75) is 139 Å². The second-order valence-electron chi connectivity index (χ2n) is 16.0. The van der Waals surface area contributed by atoms with E-state index in [0.717, 1.165) is 25.2 Å². The smallest absolute Gasteiger partial charge is 0.228 e. The van der Waals surface area contributed by atoms with Crippen LogP contribution in [0.4, 0.5) is 0 Å². The highest BCUT2D eigenvalue weighted by atomic mass is 16.3. The van der Waals surface area contributed by atoms with Crippen LogP contribution in [0.3, 0.4) is 0 Å². The Kier molecular flexibility index (Phi) is 8.22. The SMILES string of the molecule is CC(C)(CCCC(C)(C)N1C(=O)C(C(C)(C)CC2(C)CC2C(C)(C)C)CC1O)CCN1CCCC1. The third-order valence-electron chi connectivity index (χ3n) is 10.1. The lowest BCUT2D eigenvalue weighted by Crippen LogP contribution is -2.50. The maximum Gasteiger partial charge on any atom is 0.228 e. The molecule has 3 rings (SSSR count). The molecule has 1 aliphatic carbocycles. The summed E-state index contributed by atoms with van der Waals surface area (Å²) in [5.41, 5.74) is 0.538. The second-order valence-corrected chi connectivity index (χ2v) is 16.0. The van der Waals surface area contributed by atoms with Crippen molar-refractivity contribution in [2.24, 2.45) is 33.5 Å². The summed E-state index contributed by atoms with van der Waals surface area (Å²) in [4.78, 5) is 18.2. The molecule has 0 aromatic carbocycles. The molecule has 1 N–H and O–H groups in total. The van der Waals surface area contributed by atoms with Gasteiger partial charge in [0.25, 0.3) is 0 Å². The van der Waals surface area contributed by atoms with E-state index in [1.54, 1.807) is 0 Å². The van der Waals surface area contributed by atoms with Crippen LogP contribution in [-0.4, -0.2) is 52.2 Å². The van der Waals surface area contributed by atoms with Crippen LogP contribution in [0.5, 0.6) is 0 Å². The molecule has 2 saturated heterocycles. The fourth-order valence-electron chi connectivity index (χ4n) is 7.92. The lowest BCUT2D eigenvalue weighted by atomic mass is 9.69. The maximum atomic E-state index is 13.8. The molecule has 4 unspecified atom stereocenters. The Morgan fingerprint density at radius 2 is 1.54 bits per heavy atom. The van der Waals surface area contributed by atoms with E-state index < -0.39 is 6.23 Å². The number of aliphatic hydroxyl groups excluding tert-OH is 1. The van der Waals surface area contributed by atoms with Gasteiger partial charge in [0.2, 0.25) is 5.91 Å². The average Bonchev–Trinajstić information content (AvgIpc) is 3.02. The Morgan fingerprint density at radius 1 is 0.943 bits per heavy atom. The van der Waals surface area contributed by atoms with Crippen molar-refractivity contribution in [3.05, 3.63) is 0 Å². The summed E-state index contributed by atoms with van der Waals surface area (Å²) >= 11 is 0. The van der Waals surface area contributed by atoms with Crippen LogP contribution in [0.25, 0.3) is 0 Å². The fraction of sp³-hybridized carbons (Fsp3) is 0.968. The van der Waals surface area contributed by atoms with E-state index in [4.69, 9.17) is 0 Å². The zero-order valence-corrected chi connectivity index (χ0v) is 25.0. The van der Waals surface area contributed by atoms with Crippen LogP contribution in [0, 0.1) is 33.5 Å². The van der Waals surface area contributed by atoms with Crippen LogP contribution in [0.2, 0.25) is 0 Å². The molecule has 2 aliphatic heterocycles. The summed E-state index contributed by atoms with van der Waals surface area (Å²) in [5.74, 6) is 0.807. The first-order valence-electron chi connectivity index (χ1n) is 14.6. The van der Waals surface area contributed by atoms with Gasteiger partial charge in [0.1, 0.15) is 6.23 Å². The Bertz CT molecular complexity index is 744. The van der Waals surface area contributed by atoms with Crippen molar-refractivity contribution in [2.75, 3.05) is 19.6 Å². The van der Waals surface area contributed by atoms with E-state index in [0.29, 0.717) is 22.7 Å². The van der Waals surface area contributed by atoms with Gasteiger partial charge < -0.3 is 14.9 Å². The van der Waals surface area contributed by atoms with Gasteiger partial charge in [-0.2, -0.15) is 0 Å². The highest BCUT2D eigenvalue weighted by Gasteiger charge is 2.59. The standard InChI is InChI=1S/C31H58N2O2/c1-27(2,3)24-21-31(24,10)22-29(6,7)23-20-25(34)33(26(23)35)30(8,9)15-13-14-28(4,5)16-19-32-17-11-12-18-32/h23-25,34H,11-22H2,1-10H3. The highest BCUT2D eigenvalue weighted by molar-refractivity contribution is 5.82. The molecule has 3 fully saturated rings. The molecule has 1 amide bonds. The number of hydrogen-bond donors (Lipinski definition) is 1. The van der Waals surface area contributed by atoms with Gasteiger partial charge in [-0.3, -0.25) is 4.79 Å². The summed E-state index contributed by atoms with van der Waals surface area (Å²) in [6.45, 7) is 26.9. The van der Waals surface area contributed by atoms with E-state index in [1.807, 2.05) is 4.90 Å². The van der Waals surface area contributed by atoms with Crippen LogP contribution < -0.4 is 0 Å². The Hall–Kier alpha value is -0.610. The molecule has 1 saturated carbocycles. The van der Waals surface area contributed by atoms with Crippen LogP contribution in [0.1, 0.15) is 127 Å². The molecule has 0 aromatic rings. The molecular formula is C31H58N2O2. The molecule has 2 heterocycles. The molecule has 204 valence electrons. The van der Waals surface area contributed by atoms with Crippen molar-refractivity contribution in [3.8, 4) is 0 Å². The number of rotatable bonds is 11. The second kappa shape index (κ2) is 9.93. The lowest BCUT2D eigenvalue weighted by molar-refractivity contribution is -0.146. The minimum atomic E-state index is -0.657. The van der Waals surface area contributed by atoms with E-state index in [1.165, 1.54) is 51.7 Å². The van der Waals surface area contributed by atoms with Gasteiger partial charge >= 0.3 is 0 Å². The molecule has 0 bridgehead atoms. The average molecular weight is 491 g/mol. The predicted molar refractivity (Wildman–Crippen MR) is 147 cm³/mol.